The van der Waals surface area contributed by atoms with Crippen molar-refractivity contribution in [3.05, 3.63) is 0 Å². The molecule has 0 amide bonds. The highest BCUT2D eigenvalue weighted by Gasteiger charge is 2.40. The number of rotatable bonds is 4. The highest BCUT2D eigenvalue weighted by Crippen LogP contribution is 2.34. The molecule has 0 spiro atoms. The summed E-state index contributed by atoms with van der Waals surface area (Å²) in [5.74, 6) is -0.606. The molecule has 4 nitrogen and oxygen atoms in total. The average molecular weight is 238 g/mol. The highest BCUT2D eigenvalue weighted by atomic mass is 16.4. The smallest absolute Gasteiger partial charge is 0.309 e. The van der Waals surface area contributed by atoms with Crippen LogP contribution < -0.4 is 0 Å². The first-order valence-electron chi connectivity index (χ1n) is 6.30. The monoisotopic (exact) mass is 238 g/mol. The van der Waals surface area contributed by atoms with Crippen molar-refractivity contribution in [2.45, 2.75) is 46.1 Å². The molecule has 0 bridgehead atoms. The van der Waals surface area contributed by atoms with E-state index in [1.807, 2.05) is 6.92 Å². The summed E-state index contributed by atoms with van der Waals surface area (Å²) in [5, 5.41) is 18.3. The topological polar surface area (TPSA) is 64.3 Å². The van der Waals surface area contributed by atoms with E-state index in [9.17, 15) is 9.90 Å². The van der Waals surface area contributed by atoms with E-state index in [2.05, 4.69) is 11.0 Å². The minimum absolute atomic E-state index is 0.0672. The van der Waals surface area contributed by atoms with Gasteiger partial charge >= 0.3 is 5.97 Å². The molecule has 96 valence electrons. The molecule has 0 aromatic carbocycles. The van der Waals surface area contributed by atoms with E-state index < -0.39 is 11.4 Å². The maximum absolute atomic E-state index is 11.3. The zero-order valence-electron chi connectivity index (χ0n) is 10.9. The Morgan fingerprint density at radius 2 is 2.29 bits per heavy atom. The summed E-state index contributed by atoms with van der Waals surface area (Å²) >= 11 is 0. The molecule has 4 heteroatoms. The average Bonchev–Trinajstić information content (AvgIpc) is 2.31. The van der Waals surface area contributed by atoms with Gasteiger partial charge in [-0.3, -0.25) is 9.69 Å². The van der Waals surface area contributed by atoms with Gasteiger partial charge in [0.25, 0.3) is 0 Å². The summed E-state index contributed by atoms with van der Waals surface area (Å²) in [6, 6.07) is 2.23. The van der Waals surface area contributed by atoms with E-state index in [4.69, 9.17) is 5.26 Å². The van der Waals surface area contributed by atoms with Crippen LogP contribution in [-0.4, -0.2) is 35.1 Å². The fraction of sp³-hybridized carbons (Fsp3) is 0.846. The summed E-state index contributed by atoms with van der Waals surface area (Å²) < 4.78 is 0. The summed E-state index contributed by atoms with van der Waals surface area (Å²) in [6.45, 7) is 7.22. The Hall–Kier alpha value is -1.08. The van der Waals surface area contributed by atoms with Crippen molar-refractivity contribution in [3.63, 3.8) is 0 Å². The zero-order chi connectivity index (χ0) is 13.1. The van der Waals surface area contributed by atoms with Crippen LogP contribution in [0.15, 0.2) is 0 Å². The molecule has 0 aliphatic carbocycles. The second-order valence-electron chi connectivity index (χ2n) is 5.41. The summed E-state index contributed by atoms with van der Waals surface area (Å²) in [5.41, 5.74) is -0.702. The molecule has 1 fully saturated rings. The zero-order valence-corrected chi connectivity index (χ0v) is 10.9. The summed E-state index contributed by atoms with van der Waals surface area (Å²) in [4.78, 5) is 13.4. The number of hydrogen-bond donors (Lipinski definition) is 1. The van der Waals surface area contributed by atoms with Crippen LogP contribution in [-0.2, 0) is 4.79 Å². The maximum atomic E-state index is 11.3. The molecular weight excluding hydrogens is 216 g/mol. The lowest BCUT2D eigenvalue weighted by atomic mass is 9.74. The molecular formula is C13H22N2O2. The lowest BCUT2D eigenvalue weighted by Crippen LogP contribution is -2.47. The van der Waals surface area contributed by atoms with Crippen molar-refractivity contribution in [2.75, 3.05) is 13.1 Å². The number of hydrogen-bond acceptors (Lipinski definition) is 3. The van der Waals surface area contributed by atoms with Crippen LogP contribution in [0.2, 0.25) is 0 Å². The lowest BCUT2D eigenvalue weighted by molar-refractivity contribution is -0.151. The Bertz CT molecular complexity index is 320. The van der Waals surface area contributed by atoms with Crippen LogP contribution in [0.1, 0.15) is 40.0 Å². The van der Waals surface area contributed by atoms with E-state index in [0.29, 0.717) is 0 Å². The van der Waals surface area contributed by atoms with Gasteiger partial charge in [0.1, 0.15) is 0 Å². The number of carboxylic acids is 1. The molecule has 2 unspecified atom stereocenters. The molecule has 2 atom stereocenters. The molecule has 1 saturated heterocycles. The molecule has 1 heterocycles. The fourth-order valence-electron chi connectivity index (χ4n) is 2.48. The van der Waals surface area contributed by atoms with E-state index >= 15 is 0 Å². The van der Waals surface area contributed by atoms with Crippen molar-refractivity contribution < 1.29 is 9.90 Å². The third-order valence-electron chi connectivity index (χ3n) is 4.00. The van der Waals surface area contributed by atoms with Crippen LogP contribution in [0.5, 0.6) is 0 Å². The van der Waals surface area contributed by atoms with Gasteiger partial charge in [0.05, 0.1) is 17.5 Å². The number of likely N-dealkylation sites (tertiary alicyclic amines) is 1. The van der Waals surface area contributed by atoms with Crippen LogP contribution in [0.25, 0.3) is 0 Å². The second-order valence-corrected chi connectivity index (χ2v) is 5.41. The molecule has 1 rings (SSSR count). The molecule has 0 aromatic heterocycles. The molecule has 0 saturated carbocycles. The molecule has 0 aromatic rings. The highest BCUT2D eigenvalue weighted by molar-refractivity contribution is 5.74. The van der Waals surface area contributed by atoms with Crippen LogP contribution in [0.4, 0.5) is 0 Å². The van der Waals surface area contributed by atoms with Crippen molar-refractivity contribution in [2.24, 2.45) is 11.3 Å². The molecule has 0 radical (unpaired) electrons. The largest absolute Gasteiger partial charge is 0.481 e. The van der Waals surface area contributed by atoms with Gasteiger partial charge in [-0.25, -0.2) is 0 Å². The van der Waals surface area contributed by atoms with Gasteiger partial charge in [-0.2, -0.15) is 5.26 Å². The van der Waals surface area contributed by atoms with E-state index in [1.54, 1.807) is 13.8 Å². The van der Waals surface area contributed by atoms with Gasteiger partial charge in [0.15, 0.2) is 0 Å². The standard InChI is InChI=1S/C13H22N2O2/c1-4-11(8-14)15-7-5-6-10(9-15)13(2,3)12(16)17/h10-11H,4-7,9H2,1-3H3,(H,16,17). The number of piperidine rings is 1. The van der Waals surface area contributed by atoms with Crippen molar-refractivity contribution >= 4 is 5.97 Å². The van der Waals surface area contributed by atoms with Crippen molar-refractivity contribution in [1.82, 2.24) is 4.90 Å². The fourth-order valence-corrected chi connectivity index (χ4v) is 2.48. The number of nitriles is 1. The molecule has 1 aliphatic heterocycles. The van der Waals surface area contributed by atoms with E-state index in [0.717, 1.165) is 32.4 Å². The predicted octanol–water partition coefficient (Wildman–Crippen LogP) is 2.11. The number of carbonyl (C=O) groups is 1. The minimum Gasteiger partial charge on any atom is -0.481 e. The van der Waals surface area contributed by atoms with Gasteiger partial charge in [0, 0.05) is 6.54 Å². The molecule has 1 aliphatic rings. The third kappa shape index (κ3) is 2.98. The quantitative estimate of drug-likeness (QED) is 0.814. The van der Waals surface area contributed by atoms with Gasteiger partial charge in [-0.15, -0.1) is 0 Å². The van der Waals surface area contributed by atoms with Crippen molar-refractivity contribution in [3.8, 4) is 6.07 Å². The molecule has 1 N–H and O–H groups in total. The van der Waals surface area contributed by atoms with Crippen molar-refractivity contribution in [1.29, 1.82) is 5.26 Å². The normalized spacial score (nSPS) is 24.0. The Labute approximate surface area is 103 Å². The number of nitrogens with zero attached hydrogens (tertiary/aromatic N) is 2. The maximum Gasteiger partial charge on any atom is 0.309 e. The SMILES string of the molecule is CCC(C#N)N1CCCC(C(C)(C)C(=O)O)C1. The Kier molecular flexibility index (Phi) is 4.53. The summed E-state index contributed by atoms with van der Waals surface area (Å²) in [6.07, 6.45) is 2.73. The Balaban J connectivity index is 2.73. The predicted molar refractivity (Wildman–Crippen MR) is 65.4 cm³/mol. The van der Waals surface area contributed by atoms with Gasteiger partial charge in [-0.05, 0) is 45.6 Å². The van der Waals surface area contributed by atoms with E-state index in [-0.39, 0.29) is 12.0 Å². The van der Waals surface area contributed by atoms with Gasteiger partial charge in [0.2, 0.25) is 0 Å². The Morgan fingerprint density at radius 1 is 1.65 bits per heavy atom. The van der Waals surface area contributed by atoms with Gasteiger partial charge < -0.3 is 5.11 Å². The molecule has 17 heavy (non-hydrogen) atoms. The summed E-state index contributed by atoms with van der Waals surface area (Å²) in [7, 11) is 0. The first-order chi connectivity index (χ1) is 7.93. The van der Waals surface area contributed by atoms with E-state index in [1.165, 1.54) is 0 Å². The first kappa shape index (κ1) is 14.0. The third-order valence-corrected chi connectivity index (χ3v) is 4.00. The van der Waals surface area contributed by atoms with Crippen LogP contribution in [0.3, 0.4) is 0 Å². The first-order valence-corrected chi connectivity index (χ1v) is 6.30. The van der Waals surface area contributed by atoms with Crippen LogP contribution in [0, 0.1) is 22.7 Å². The number of aliphatic carboxylic acids is 1. The lowest BCUT2D eigenvalue weighted by Gasteiger charge is -2.40. The van der Waals surface area contributed by atoms with Gasteiger partial charge in [-0.1, -0.05) is 6.92 Å². The Morgan fingerprint density at radius 3 is 2.76 bits per heavy atom. The second kappa shape index (κ2) is 5.50. The van der Waals surface area contributed by atoms with Crippen LogP contribution >= 0.6 is 0 Å². The number of carboxylic acid groups (broad SMARTS) is 1. The minimum atomic E-state index is -0.741.